The maximum atomic E-state index is 6.45. The summed E-state index contributed by atoms with van der Waals surface area (Å²) >= 11 is 0. The zero-order chi connectivity index (χ0) is 77.7. The minimum atomic E-state index is 0.895. The first-order chi connectivity index (χ1) is 58.5. The molecule has 0 spiro atoms. The number of aromatic nitrogens is 6. The number of rotatable bonds is 10. The van der Waals surface area contributed by atoms with Crippen LogP contribution in [-0.4, -0.2) is 29.9 Å². The molecule has 0 radical (unpaired) electrons. The second-order valence-corrected chi connectivity index (χ2v) is 30.2. The van der Waals surface area contributed by atoms with E-state index in [-0.39, 0.29) is 0 Å². The van der Waals surface area contributed by atoms with Crippen molar-refractivity contribution in [3.63, 3.8) is 0 Å². The Bertz CT molecular complexity index is 8170. The fourth-order valence-corrected chi connectivity index (χ4v) is 17.6. The molecule has 0 saturated carbocycles. The number of para-hydroxylation sites is 5. The van der Waals surface area contributed by atoms with Crippen LogP contribution in [0.5, 0.6) is 0 Å². The van der Waals surface area contributed by atoms with Gasteiger partial charge in [-0.2, -0.15) is 0 Å². The molecule has 8 heterocycles. The summed E-state index contributed by atoms with van der Waals surface area (Å²) in [6, 6.07) is 141. The molecule has 8 aromatic heterocycles. The van der Waals surface area contributed by atoms with Crippen LogP contribution in [0.15, 0.2) is 409 Å². The smallest absolute Gasteiger partial charge is 0.143 e. The Morgan fingerprint density at radius 1 is 0.169 bits per heavy atom. The van der Waals surface area contributed by atoms with Crippen LogP contribution in [0.2, 0.25) is 0 Å². The first kappa shape index (κ1) is 67.8. The van der Waals surface area contributed by atoms with E-state index in [1.807, 2.05) is 60.7 Å². The number of fused-ring (bicyclic) bond motifs is 18. The van der Waals surface area contributed by atoms with E-state index in [2.05, 4.69) is 340 Å². The average Bonchev–Trinajstić information content (AvgIpc) is 1.04. The molecule has 8 nitrogen and oxygen atoms in total. The van der Waals surface area contributed by atoms with Crippen molar-refractivity contribution in [2.45, 2.75) is 0 Å². The molecule has 0 aliphatic carbocycles. The lowest BCUT2D eigenvalue weighted by Gasteiger charge is -2.15. The molecule has 0 aliphatic heterocycles. The first-order valence-electron chi connectivity index (χ1n) is 39.9. The number of benzene rings is 16. The summed E-state index contributed by atoms with van der Waals surface area (Å²) in [7, 11) is 0. The quantitative estimate of drug-likeness (QED) is 0.125. The largest absolute Gasteiger partial charge is 0.456 e. The second kappa shape index (κ2) is 28.0. The van der Waals surface area contributed by atoms with E-state index in [1.165, 1.54) is 16.3 Å². The van der Waals surface area contributed by atoms with Gasteiger partial charge in [0.1, 0.15) is 22.3 Å². The summed E-state index contributed by atoms with van der Waals surface area (Å²) in [5.41, 5.74) is 30.2. The van der Waals surface area contributed by atoms with Gasteiger partial charge >= 0.3 is 0 Å². The molecule has 0 N–H and O–H groups in total. The van der Waals surface area contributed by atoms with Crippen molar-refractivity contribution < 1.29 is 8.83 Å². The highest BCUT2D eigenvalue weighted by molar-refractivity contribution is 6.20. The SMILES string of the molecule is c1ccc(-c2ccc3ccc4ccc(-c5ccc(-c6nc7ccccc7c7c(-c8cccc(-c9cccc%10c9oc9ccccc9%10)c8)cccc67)cc5)nc4c3n2)cc1.c1ccc(-c2ccc3ccc4ccc(-c5ccc(-c6nc7ccccc7c7c(-c8cccc(-c9cccc%10oc%11ccccc%11c9%10)c8)cccc67)cc5)nc4c3n2)cc1. The van der Waals surface area contributed by atoms with Crippen molar-refractivity contribution in [1.29, 1.82) is 0 Å². The van der Waals surface area contributed by atoms with Crippen molar-refractivity contribution in [1.82, 2.24) is 29.9 Å². The molecule has 0 bridgehead atoms. The number of hydrogen-bond donors (Lipinski definition) is 0. The summed E-state index contributed by atoms with van der Waals surface area (Å²) in [4.78, 5) is 31.3. The van der Waals surface area contributed by atoms with Gasteiger partial charge in [0, 0.05) is 114 Å². The van der Waals surface area contributed by atoms with Gasteiger partial charge in [-0.25, -0.2) is 29.9 Å². The van der Waals surface area contributed by atoms with Crippen molar-refractivity contribution in [2.24, 2.45) is 0 Å². The molecule has 0 saturated heterocycles. The molecular weight excluding hydrogens is 1440 g/mol. The van der Waals surface area contributed by atoms with Gasteiger partial charge in [0.15, 0.2) is 0 Å². The minimum absolute atomic E-state index is 0.895. The second-order valence-electron chi connectivity index (χ2n) is 30.2. The molecule has 24 rings (SSSR count). The lowest BCUT2D eigenvalue weighted by molar-refractivity contribution is 0.669. The summed E-state index contributed by atoms with van der Waals surface area (Å²) in [6.45, 7) is 0. The number of nitrogens with zero attached hydrogens (tertiary/aromatic N) is 6. The Kier molecular flexibility index (Phi) is 16.1. The minimum Gasteiger partial charge on any atom is -0.456 e. The average molecular weight is 1500 g/mol. The molecule has 118 heavy (non-hydrogen) atoms. The lowest BCUT2D eigenvalue weighted by atomic mass is 9.91. The Morgan fingerprint density at radius 2 is 0.475 bits per heavy atom. The third kappa shape index (κ3) is 11.7. The maximum absolute atomic E-state index is 6.45. The molecule has 16 aromatic carbocycles. The highest BCUT2D eigenvalue weighted by Crippen LogP contribution is 2.46. The number of furan rings is 2. The van der Waals surface area contributed by atoms with Gasteiger partial charge in [-0.1, -0.05) is 334 Å². The third-order valence-electron chi connectivity index (χ3n) is 23.3. The lowest BCUT2D eigenvalue weighted by Crippen LogP contribution is -1.93. The highest BCUT2D eigenvalue weighted by atomic mass is 16.3. The van der Waals surface area contributed by atoms with E-state index in [9.17, 15) is 0 Å². The number of hydrogen-bond acceptors (Lipinski definition) is 8. The Balaban J connectivity index is 0.000000138. The molecule has 0 amide bonds. The zero-order valence-electron chi connectivity index (χ0n) is 63.6. The Labute approximate surface area is 677 Å². The van der Waals surface area contributed by atoms with Gasteiger partial charge in [0.2, 0.25) is 0 Å². The van der Waals surface area contributed by atoms with Gasteiger partial charge < -0.3 is 8.83 Å². The molecule has 8 heteroatoms. The van der Waals surface area contributed by atoms with Crippen LogP contribution in [-0.2, 0) is 0 Å². The summed E-state index contributed by atoms with van der Waals surface area (Å²) in [5.74, 6) is 0. The van der Waals surface area contributed by atoms with Crippen LogP contribution in [0, 0.1) is 0 Å². The van der Waals surface area contributed by atoms with Crippen molar-refractivity contribution in [3.05, 3.63) is 400 Å². The Hall–Kier alpha value is -15.9. The fraction of sp³-hybridized carbons (Fsp3) is 0. The maximum Gasteiger partial charge on any atom is 0.143 e. The molecule has 0 unspecified atom stereocenters. The van der Waals surface area contributed by atoms with Crippen LogP contribution in [0.1, 0.15) is 0 Å². The third-order valence-corrected chi connectivity index (χ3v) is 23.3. The van der Waals surface area contributed by atoms with Gasteiger partial charge in [-0.05, 0) is 106 Å². The standard InChI is InChI=1S/2C55H33N3O/c1-2-11-34(12-3-1)47-31-29-37-27-28-38-30-32-48(57-54(38)53(37)56-47)35-23-25-36(26-24-35)52-46-20-9-17-41(51(46)45-16-4-6-21-49(45)58-52)39-13-8-14-40(33-39)42-18-10-19-44-43-15-5-7-22-50(43)59-55(42)44;1-2-11-34(12-3-1)46-31-29-37-27-28-38-30-32-47(57-55(38)54(37)56-46)35-23-25-36(26-24-35)53-45-19-9-17-41(51(45)43-15-4-6-20-48(43)58-53)39-13-8-14-40(33-39)42-18-10-22-50-52(42)44-16-5-7-21-49(44)59-50/h2*1-33H. The molecular formula is C110H66N6O2. The van der Waals surface area contributed by atoms with Gasteiger partial charge in [-0.3, -0.25) is 0 Å². The van der Waals surface area contributed by atoms with E-state index < -0.39 is 0 Å². The van der Waals surface area contributed by atoms with E-state index in [1.54, 1.807) is 0 Å². The normalized spacial score (nSPS) is 11.7. The van der Waals surface area contributed by atoms with E-state index in [0.717, 1.165) is 227 Å². The summed E-state index contributed by atoms with van der Waals surface area (Å²) in [5, 5.41) is 15.6. The van der Waals surface area contributed by atoms with Crippen molar-refractivity contribution in [3.8, 4) is 112 Å². The highest BCUT2D eigenvalue weighted by Gasteiger charge is 2.22. The zero-order valence-corrected chi connectivity index (χ0v) is 63.6. The number of pyridine rings is 6. The summed E-state index contributed by atoms with van der Waals surface area (Å²) < 4.78 is 12.7. The molecule has 0 aliphatic rings. The molecule has 0 atom stereocenters. The fourth-order valence-electron chi connectivity index (χ4n) is 17.6. The van der Waals surface area contributed by atoms with Gasteiger partial charge in [0.25, 0.3) is 0 Å². The van der Waals surface area contributed by atoms with Gasteiger partial charge in [0.05, 0.1) is 67.3 Å². The van der Waals surface area contributed by atoms with Gasteiger partial charge in [-0.15, -0.1) is 0 Å². The van der Waals surface area contributed by atoms with Crippen LogP contribution < -0.4 is 0 Å². The molecule has 548 valence electrons. The van der Waals surface area contributed by atoms with Crippen LogP contribution in [0.3, 0.4) is 0 Å². The monoisotopic (exact) mass is 1500 g/mol. The van der Waals surface area contributed by atoms with Crippen molar-refractivity contribution >= 4 is 131 Å². The topological polar surface area (TPSA) is 104 Å². The van der Waals surface area contributed by atoms with Crippen LogP contribution in [0.25, 0.3) is 243 Å². The molecule has 24 aromatic rings. The Morgan fingerprint density at radius 3 is 0.932 bits per heavy atom. The van der Waals surface area contributed by atoms with E-state index >= 15 is 0 Å². The van der Waals surface area contributed by atoms with E-state index in [0.29, 0.717) is 0 Å². The first-order valence-corrected chi connectivity index (χ1v) is 39.9. The predicted molar refractivity (Wildman–Crippen MR) is 489 cm³/mol. The van der Waals surface area contributed by atoms with Crippen LogP contribution in [0.4, 0.5) is 0 Å². The van der Waals surface area contributed by atoms with E-state index in [4.69, 9.17) is 38.7 Å². The summed E-state index contributed by atoms with van der Waals surface area (Å²) in [6.07, 6.45) is 0. The van der Waals surface area contributed by atoms with Crippen LogP contribution >= 0.6 is 0 Å². The van der Waals surface area contributed by atoms with Crippen molar-refractivity contribution in [2.75, 3.05) is 0 Å². The predicted octanol–water partition coefficient (Wildman–Crippen LogP) is 29.4. The molecule has 0 fully saturated rings.